The van der Waals surface area contributed by atoms with Crippen molar-refractivity contribution in [3.8, 4) is 0 Å². The zero-order valence-corrected chi connectivity index (χ0v) is 8.13. The number of carbonyl (C=O) groups is 1. The summed E-state index contributed by atoms with van der Waals surface area (Å²) < 4.78 is 5.63. The monoisotopic (exact) mass is 182 g/mol. The smallest absolute Gasteiger partial charge is 0.133 e. The number of unbranched alkanes of at least 4 members (excludes halogenated alkanes) is 1. The Bertz CT molecular complexity index is 165. The van der Waals surface area contributed by atoms with Gasteiger partial charge in [-0.05, 0) is 25.7 Å². The lowest BCUT2D eigenvalue weighted by Crippen LogP contribution is -2.21. The lowest BCUT2D eigenvalue weighted by atomic mass is 9.96. The van der Waals surface area contributed by atoms with Crippen molar-refractivity contribution in [3.05, 3.63) is 12.7 Å². The van der Waals surface area contributed by atoms with Crippen LogP contribution in [0.5, 0.6) is 0 Å². The van der Waals surface area contributed by atoms with Crippen molar-refractivity contribution in [1.29, 1.82) is 0 Å². The molecule has 0 atom stereocenters. The Balaban J connectivity index is 2.02. The summed E-state index contributed by atoms with van der Waals surface area (Å²) in [6.45, 7) is 4.47. The molecule has 0 aromatic rings. The summed E-state index contributed by atoms with van der Waals surface area (Å²) >= 11 is 0. The highest BCUT2D eigenvalue weighted by Gasteiger charge is 2.18. The molecule has 0 aromatic heterocycles. The van der Waals surface area contributed by atoms with E-state index in [1.54, 1.807) is 0 Å². The summed E-state index contributed by atoms with van der Waals surface area (Å²) in [5.74, 6) is 0.394. The van der Waals surface area contributed by atoms with E-state index in [1.807, 2.05) is 6.08 Å². The maximum Gasteiger partial charge on any atom is 0.133 e. The first kappa shape index (κ1) is 10.5. The minimum absolute atomic E-state index is 0.336. The van der Waals surface area contributed by atoms with Crippen molar-refractivity contribution in [2.45, 2.75) is 44.6 Å². The lowest BCUT2D eigenvalue weighted by molar-refractivity contribution is -0.123. The number of ether oxygens (including phenoxy) is 1. The van der Waals surface area contributed by atoms with Crippen LogP contribution in [0.1, 0.15) is 38.5 Å². The molecule has 0 amide bonds. The molecule has 1 saturated carbocycles. The van der Waals surface area contributed by atoms with Crippen LogP contribution in [0.2, 0.25) is 0 Å². The third kappa shape index (κ3) is 4.23. The zero-order valence-electron chi connectivity index (χ0n) is 8.13. The van der Waals surface area contributed by atoms with Gasteiger partial charge in [-0.25, -0.2) is 0 Å². The van der Waals surface area contributed by atoms with Crippen molar-refractivity contribution in [1.82, 2.24) is 0 Å². The summed E-state index contributed by atoms with van der Waals surface area (Å²) in [5.41, 5.74) is 0. The third-order valence-corrected chi connectivity index (χ3v) is 2.40. The molecular weight excluding hydrogens is 164 g/mol. The van der Waals surface area contributed by atoms with E-state index in [-0.39, 0.29) is 0 Å². The number of rotatable bonds is 5. The maximum atomic E-state index is 10.9. The van der Waals surface area contributed by atoms with E-state index in [9.17, 15) is 4.79 Å². The molecule has 1 aliphatic carbocycles. The van der Waals surface area contributed by atoms with Gasteiger partial charge in [0.2, 0.25) is 0 Å². The number of hydrogen-bond acceptors (Lipinski definition) is 2. The first-order valence-electron chi connectivity index (χ1n) is 5.07. The molecule has 0 aromatic carbocycles. The normalized spacial score (nSPS) is 18.9. The van der Waals surface area contributed by atoms with Crippen LogP contribution in [0.4, 0.5) is 0 Å². The van der Waals surface area contributed by atoms with E-state index in [2.05, 4.69) is 6.58 Å². The van der Waals surface area contributed by atoms with E-state index >= 15 is 0 Å². The molecule has 1 rings (SSSR count). The van der Waals surface area contributed by atoms with Gasteiger partial charge in [-0.3, -0.25) is 4.79 Å². The molecule has 0 N–H and O–H groups in total. The van der Waals surface area contributed by atoms with E-state index in [4.69, 9.17) is 4.74 Å². The van der Waals surface area contributed by atoms with Gasteiger partial charge in [0, 0.05) is 19.4 Å². The second-order valence-corrected chi connectivity index (χ2v) is 3.54. The van der Waals surface area contributed by atoms with Crippen molar-refractivity contribution < 1.29 is 9.53 Å². The molecule has 0 bridgehead atoms. The summed E-state index contributed by atoms with van der Waals surface area (Å²) in [6, 6.07) is 0. The number of allylic oxidation sites excluding steroid dienone is 1. The molecule has 0 aliphatic heterocycles. The fourth-order valence-electron chi connectivity index (χ4n) is 1.56. The van der Waals surface area contributed by atoms with Crippen LogP contribution in [0, 0.1) is 0 Å². The van der Waals surface area contributed by atoms with Gasteiger partial charge in [0.25, 0.3) is 0 Å². The van der Waals surface area contributed by atoms with Gasteiger partial charge in [0.1, 0.15) is 5.78 Å². The Hall–Kier alpha value is -0.630. The zero-order chi connectivity index (χ0) is 9.52. The van der Waals surface area contributed by atoms with E-state index < -0.39 is 0 Å². The summed E-state index contributed by atoms with van der Waals surface area (Å²) in [7, 11) is 0. The van der Waals surface area contributed by atoms with Gasteiger partial charge in [-0.1, -0.05) is 6.08 Å². The predicted octanol–water partition coefficient (Wildman–Crippen LogP) is 2.48. The molecule has 0 spiro atoms. The summed E-state index contributed by atoms with van der Waals surface area (Å²) in [6.07, 6.45) is 7.59. The Morgan fingerprint density at radius 1 is 1.46 bits per heavy atom. The number of ketones is 1. The second-order valence-electron chi connectivity index (χ2n) is 3.54. The van der Waals surface area contributed by atoms with Crippen LogP contribution in [-0.2, 0) is 9.53 Å². The highest BCUT2D eigenvalue weighted by atomic mass is 16.5. The van der Waals surface area contributed by atoms with Crippen molar-refractivity contribution in [2.75, 3.05) is 6.61 Å². The van der Waals surface area contributed by atoms with Gasteiger partial charge < -0.3 is 4.74 Å². The topological polar surface area (TPSA) is 26.3 Å². The first-order chi connectivity index (χ1) is 6.33. The minimum Gasteiger partial charge on any atom is -0.378 e. The summed E-state index contributed by atoms with van der Waals surface area (Å²) in [5, 5.41) is 0. The quantitative estimate of drug-likeness (QED) is 0.482. The molecule has 74 valence electrons. The van der Waals surface area contributed by atoms with E-state index in [0.717, 1.165) is 32.3 Å². The summed E-state index contributed by atoms with van der Waals surface area (Å²) in [4.78, 5) is 10.9. The van der Waals surface area contributed by atoms with Crippen LogP contribution in [0.3, 0.4) is 0 Å². The molecule has 0 unspecified atom stereocenters. The Kier molecular flexibility index (Phi) is 4.76. The molecule has 0 saturated heterocycles. The molecule has 2 nitrogen and oxygen atoms in total. The number of carbonyl (C=O) groups excluding carboxylic acids is 1. The second kappa shape index (κ2) is 5.92. The highest BCUT2D eigenvalue weighted by Crippen LogP contribution is 2.18. The molecule has 1 aliphatic rings. The lowest BCUT2D eigenvalue weighted by Gasteiger charge is -2.21. The Labute approximate surface area is 80.0 Å². The van der Waals surface area contributed by atoms with Crippen LogP contribution in [0.15, 0.2) is 12.7 Å². The number of Topliss-reactive ketones (excluding diaryl/α,β-unsaturated/α-hetero) is 1. The van der Waals surface area contributed by atoms with E-state index in [1.165, 1.54) is 0 Å². The maximum absolute atomic E-state index is 10.9. The van der Waals surface area contributed by atoms with Gasteiger partial charge in [0.15, 0.2) is 0 Å². The Morgan fingerprint density at radius 3 is 2.77 bits per heavy atom. The van der Waals surface area contributed by atoms with Gasteiger partial charge in [0.05, 0.1) is 6.10 Å². The largest absolute Gasteiger partial charge is 0.378 e. The molecule has 0 radical (unpaired) electrons. The molecular formula is C11H18O2. The predicted molar refractivity (Wildman–Crippen MR) is 52.6 cm³/mol. The third-order valence-electron chi connectivity index (χ3n) is 2.40. The van der Waals surface area contributed by atoms with Crippen LogP contribution in [0.25, 0.3) is 0 Å². The molecule has 0 heterocycles. The van der Waals surface area contributed by atoms with Crippen LogP contribution < -0.4 is 0 Å². The van der Waals surface area contributed by atoms with Gasteiger partial charge in [-0.2, -0.15) is 0 Å². The van der Waals surface area contributed by atoms with Crippen LogP contribution >= 0.6 is 0 Å². The molecule has 13 heavy (non-hydrogen) atoms. The average molecular weight is 182 g/mol. The molecule has 1 fully saturated rings. The minimum atomic E-state index is 0.336. The fourth-order valence-corrected chi connectivity index (χ4v) is 1.56. The van der Waals surface area contributed by atoms with Crippen LogP contribution in [-0.4, -0.2) is 18.5 Å². The van der Waals surface area contributed by atoms with Crippen molar-refractivity contribution in [2.24, 2.45) is 0 Å². The molecule has 2 heteroatoms. The average Bonchev–Trinajstić information content (AvgIpc) is 2.15. The highest BCUT2D eigenvalue weighted by molar-refractivity contribution is 5.79. The SMILES string of the molecule is C=CCCCOC1CCC(=O)CC1. The first-order valence-corrected chi connectivity index (χ1v) is 5.07. The van der Waals surface area contributed by atoms with E-state index in [0.29, 0.717) is 24.7 Å². The van der Waals surface area contributed by atoms with Gasteiger partial charge in [-0.15, -0.1) is 6.58 Å². The standard InChI is InChI=1S/C11H18O2/c1-2-3-4-9-13-11-7-5-10(12)6-8-11/h2,11H,1,3-9H2. The van der Waals surface area contributed by atoms with Gasteiger partial charge >= 0.3 is 0 Å². The van der Waals surface area contributed by atoms with Crippen molar-refractivity contribution >= 4 is 5.78 Å². The van der Waals surface area contributed by atoms with Crippen molar-refractivity contribution in [3.63, 3.8) is 0 Å². The Morgan fingerprint density at radius 2 is 2.15 bits per heavy atom. The fraction of sp³-hybridized carbons (Fsp3) is 0.727. The number of hydrogen-bond donors (Lipinski definition) is 0.